The van der Waals surface area contributed by atoms with E-state index in [1.54, 1.807) is 6.20 Å². The summed E-state index contributed by atoms with van der Waals surface area (Å²) in [5.41, 5.74) is 2.55. The van der Waals surface area contributed by atoms with E-state index in [0.29, 0.717) is 18.1 Å². The number of nitrogens with one attached hydrogen (secondary N) is 1. The van der Waals surface area contributed by atoms with Crippen LogP contribution in [0.15, 0.2) is 39.4 Å². The van der Waals surface area contributed by atoms with E-state index in [9.17, 15) is 0 Å². The lowest BCUT2D eigenvalue weighted by Crippen LogP contribution is -2.47. The molecule has 2 heterocycles. The number of hydrogen-bond donors (Lipinski definition) is 1. The van der Waals surface area contributed by atoms with Gasteiger partial charge in [-0.05, 0) is 69.9 Å². The summed E-state index contributed by atoms with van der Waals surface area (Å²) < 4.78 is 16.6. The molecule has 0 spiro atoms. The van der Waals surface area contributed by atoms with Crippen molar-refractivity contribution in [2.75, 3.05) is 18.5 Å². The molecule has 2 bridgehead atoms. The highest BCUT2D eigenvalue weighted by molar-refractivity contribution is 5.63. The summed E-state index contributed by atoms with van der Waals surface area (Å²) in [5.74, 6) is 2.31. The Morgan fingerprint density at radius 1 is 1.13 bits per heavy atom. The number of aromatic nitrogens is 3. The van der Waals surface area contributed by atoms with E-state index in [2.05, 4.69) is 32.6 Å². The van der Waals surface area contributed by atoms with Gasteiger partial charge in [0.1, 0.15) is 0 Å². The minimum absolute atomic E-state index is 0.105. The molecule has 6 rings (SSSR count). The number of hydrogen-bond acceptors (Lipinski definition) is 7. The van der Waals surface area contributed by atoms with Gasteiger partial charge in [-0.25, -0.2) is 0 Å². The fourth-order valence-corrected chi connectivity index (χ4v) is 5.02. The largest absolute Gasteiger partial charge is 0.450 e. The van der Waals surface area contributed by atoms with Gasteiger partial charge in [-0.2, -0.15) is 9.97 Å². The van der Waals surface area contributed by atoms with Crippen molar-refractivity contribution in [3.05, 3.63) is 42.2 Å². The molecule has 0 aliphatic heterocycles. The second kappa shape index (κ2) is 7.45. The number of fused-ring (bicyclic) bond motifs is 3. The number of rotatable bonds is 7. The van der Waals surface area contributed by atoms with Crippen molar-refractivity contribution in [2.45, 2.75) is 57.8 Å². The van der Waals surface area contributed by atoms with Gasteiger partial charge in [-0.1, -0.05) is 17.3 Å². The van der Waals surface area contributed by atoms with Crippen molar-refractivity contribution >= 4 is 5.69 Å². The van der Waals surface area contributed by atoms with Crippen LogP contribution in [-0.4, -0.2) is 28.3 Å². The van der Waals surface area contributed by atoms with Crippen LogP contribution in [0.1, 0.15) is 57.2 Å². The quantitative estimate of drug-likeness (QED) is 0.579. The Morgan fingerprint density at radius 3 is 2.63 bits per heavy atom. The summed E-state index contributed by atoms with van der Waals surface area (Å²) in [6.07, 6.45) is 9.01. The molecule has 0 radical (unpaired) electrons. The predicted molar refractivity (Wildman–Crippen MR) is 112 cm³/mol. The van der Waals surface area contributed by atoms with Gasteiger partial charge in [0.2, 0.25) is 5.89 Å². The molecule has 3 aliphatic rings. The highest BCUT2D eigenvalue weighted by Gasteiger charge is 2.51. The molecule has 0 amide bonds. The molecule has 30 heavy (non-hydrogen) atoms. The van der Waals surface area contributed by atoms with Crippen LogP contribution >= 0.6 is 0 Å². The molecular weight excluding hydrogens is 380 g/mol. The van der Waals surface area contributed by atoms with E-state index in [-0.39, 0.29) is 5.41 Å². The lowest BCUT2D eigenvalue weighted by Gasteiger charge is -2.52. The molecule has 3 aromatic rings. The molecule has 0 saturated heterocycles. The molecule has 1 N–H and O–H groups in total. The first-order chi connectivity index (χ1) is 14.6. The van der Waals surface area contributed by atoms with Gasteiger partial charge in [-0.15, -0.1) is 0 Å². The van der Waals surface area contributed by atoms with Crippen molar-refractivity contribution in [3.63, 3.8) is 0 Å². The van der Waals surface area contributed by atoms with Crippen LogP contribution in [0.3, 0.4) is 0 Å². The first-order valence-electron chi connectivity index (χ1n) is 10.8. The number of benzene rings is 1. The first-order valence-corrected chi connectivity index (χ1v) is 10.8. The zero-order valence-corrected chi connectivity index (χ0v) is 17.6. The molecule has 3 saturated carbocycles. The van der Waals surface area contributed by atoms with Crippen LogP contribution in [0.5, 0.6) is 6.08 Å². The van der Waals surface area contributed by atoms with Gasteiger partial charge >= 0.3 is 6.08 Å². The number of aryl methyl sites for hydroxylation is 1. The predicted octanol–water partition coefficient (Wildman–Crippen LogP) is 5.14. The maximum atomic E-state index is 5.68. The van der Waals surface area contributed by atoms with Gasteiger partial charge < -0.3 is 19.0 Å². The number of nitrogens with zero attached hydrogens (tertiary/aromatic N) is 3. The standard InChI is InChI=1S/C23H28N4O3/c1-3-28-21-24-14-19(29-21)17-5-4-6-18(13-17)25-15-22-7-10-23(11-8-22,12-9-22)20-26-16(2)27-30-20/h4-6,13-14,25H,3,7-12,15H2,1-2H3. The second-order valence-electron chi connectivity index (χ2n) is 8.78. The van der Waals surface area contributed by atoms with E-state index in [1.807, 2.05) is 26.0 Å². The van der Waals surface area contributed by atoms with Crippen LogP contribution in [0, 0.1) is 12.3 Å². The van der Waals surface area contributed by atoms with Crippen LogP contribution in [0.25, 0.3) is 11.3 Å². The summed E-state index contributed by atoms with van der Waals surface area (Å²) in [7, 11) is 0. The Bertz CT molecular complexity index is 1000. The molecule has 3 aliphatic carbocycles. The van der Waals surface area contributed by atoms with E-state index >= 15 is 0 Å². The monoisotopic (exact) mass is 408 g/mol. The first kappa shape index (κ1) is 19.2. The maximum absolute atomic E-state index is 5.68. The molecular formula is C23H28N4O3. The van der Waals surface area contributed by atoms with Crippen molar-refractivity contribution in [1.82, 2.24) is 15.1 Å². The van der Waals surface area contributed by atoms with Gasteiger partial charge in [-0.3, -0.25) is 0 Å². The fourth-order valence-electron chi connectivity index (χ4n) is 5.02. The lowest BCUT2D eigenvalue weighted by molar-refractivity contribution is 0.0322. The molecule has 0 unspecified atom stereocenters. The Hall–Kier alpha value is -2.83. The van der Waals surface area contributed by atoms with Gasteiger partial charge in [0.15, 0.2) is 11.6 Å². The molecule has 158 valence electrons. The summed E-state index contributed by atoms with van der Waals surface area (Å²) >= 11 is 0. The van der Waals surface area contributed by atoms with Crippen molar-refractivity contribution in [3.8, 4) is 17.4 Å². The Balaban J connectivity index is 1.24. The van der Waals surface area contributed by atoms with Gasteiger partial charge in [0.05, 0.1) is 12.8 Å². The summed E-state index contributed by atoms with van der Waals surface area (Å²) in [6.45, 7) is 5.33. The van der Waals surface area contributed by atoms with E-state index < -0.39 is 0 Å². The van der Waals surface area contributed by atoms with E-state index in [1.165, 1.54) is 19.3 Å². The van der Waals surface area contributed by atoms with E-state index in [4.69, 9.17) is 13.7 Å². The van der Waals surface area contributed by atoms with Crippen LogP contribution < -0.4 is 10.1 Å². The Morgan fingerprint density at radius 2 is 1.93 bits per heavy atom. The second-order valence-corrected chi connectivity index (χ2v) is 8.78. The molecule has 3 fully saturated rings. The highest BCUT2D eigenvalue weighted by Crippen LogP contribution is 2.57. The van der Waals surface area contributed by atoms with Crippen LogP contribution in [0.2, 0.25) is 0 Å². The van der Waals surface area contributed by atoms with Crippen molar-refractivity contribution < 1.29 is 13.7 Å². The average Bonchev–Trinajstić information content (AvgIpc) is 3.44. The fraction of sp³-hybridized carbons (Fsp3) is 0.522. The van der Waals surface area contributed by atoms with Crippen molar-refractivity contribution in [2.24, 2.45) is 5.41 Å². The third kappa shape index (κ3) is 3.46. The number of oxazole rings is 1. The number of ether oxygens (including phenoxy) is 1. The molecule has 1 aromatic carbocycles. The summed E-state index contributed by atoms with van der Waals surface area (Å²) in [5, 5.41) is 7.71. The maximum Gasteiger partial charge on any atom is 0.394 e. The zero-order valence-electron chi connectivity index (χ0n) is 17.6. The summed E-state index contributed by atoms with van der Waals surface area (Å²) in [6, 6.07) is 8.30. The van der Waals surface area contributed by atoms with Crippen LogP contribution in [0.4, 0.5) is 5.69 Å². The van der Waals surface area contributed by atoms with E-state index in [0.717, 1.165) is 54.5 Å². The van der Waals surface area contributed by atoms with Gasteiger partial charge in [0, 0.05) is 23.2 Å². The highest BCUT2D eigenvalue weighted by atomic mass is 16.6. The van der Waals surface area contributed by atoms with Crippen molar-refractivity contribution in [1.29, 1.82) is 0 Å². The molecule has 2 aromatic heterocycles. The smallest absolute Gasteiger partial charge is 0.394 e. The third-order valence-corrected chi connectivity index (χ3v) is 6.95. The number of anilines is 1. The minimum atomic E-state index is 0.105. The Kier molecular flexibility index (Phi) is 4.76. The van der Waals surface area contributed by atoms with Crippen LogP contribution in [-0.2, 0) is 5.41 Å². The average molecular weight is 409 g/mol. The molecule has 7 nitrogen and oxygen atoms in total. The Labute approximate surface area is 176 Å². The topological polar surface area (TPSA) is 86.2 Å². The lowest BCUT2D eigenvalue weighted by atomic mass is 9.53. The normalized spacial score (nSPS) is 25.4. The minimum Gasteiger partial charge on any atom is -0.450 e. The SMILES string of the molecule is CCOc1ncc(-c2cccc(NCC34CCC(c5nc(C)no5)(CC3)CC4)c2)o1. The van der Waals surface area contributed by atoms with Gasteiger partial charge in [0.25, 0.3) is 0 Å². The zero-order chi connectivity index (χ0) is 20.6. The molecule has 0 atom stereocenters. The molecule has 7 heteroatoms. The third-order valence-electron chi connectivity index (χ3n) is 6.95. The summed E-state index contributed by atoms with van der Waals surface area (Å²) in [4.78, 5) is 8.72.